The Morgan fingerprint density at radius 2 is 2.00 bits per heavy atom. The minimum atomic E-state index is 1.22. The van der Waals surface area contributed by atoms with E-state index in [0.717, 1.165) is 0 Å². The van der Waals surface area contributed by atoms with Crippen LogP contribution in [-0.4, -0.2) is 28.6 Å². The molecule has 0 fully saturated rings. The van der Waals surface area contributed by atoms with Crippen LogP contribution < -0.4 is 0 Å². The number of unbranched alkanes of at least 4 members (excludes halogenated alkanes) is 2. The maximum absolute atomic E-state index is 2.37. The molecule has 0 N–H and O–H groups in total. The summed E-state index contributed by atoms with van der Waals surface area (Å²) < 4.78 is 2.37. The van der Waals surface area contributed by atoms with Gasteiger partial charge in [0.05, 0.1) is 10.4 Å². The molecule has 0 heterocycles. The molecule has 0 aliphatic rings. The molecule has 50 valence electrons. The van der Waals surface area contributed by atoms with Crippen LogP contribution in [0.5, 0.6) is 0 Å². The summed E-state index contributed by atoms with van der Waals surface area (Å²) in [4.78, 5) is 0. The van der Waals surface area contributed by atoms with Gasteiger partial charge in [-0.2, -0.15) is 0 Å². The summed E-state index contributed by atoms with van der Waals surface area (Å²) in [6, 6.07) is 0. The van der Waals surface area contributed by atoms with E-state index < -0.39 is 0 Å². The van der Waals surface area contributed by atoms with Crippen LogP contribution in [0.25, 0.3) is 0 Å². The van der Waals surface area contributed by atoms with Crippen molar-refractivity contribution < 1.29 is 0 Å². The highest BCUT2D eigenvalue weighted by Crippen LogP contribution is 1.92. The van der Waals surface area contributed by atoms with E-state index in [0.29, 0.717) is 0 Å². The summed E-state index contributed by atoms with van der Waals surface area (Å²) in [5, 5.41) is 0. The molecule has 0 bridgehead atoms. The van der Waals surface area contributed by atoms with Crippen molar-refractivity contribution in [1.29, 1.82) is 0 Å². The normalized spacial score (nSPS) is 10.9. The highest BCUT2D eigenvalue weighted by atomic mass is 28.2. The first-order valence-corrected chi connectivity index (χ1v) is 4.31. The van der Waals surface area contributed by atoms with Gasteiger partial charge >= 0.3 is 0 Å². The third-order valence-electron chi connectivity index (χ3n) is 1.21. The monoisotopic (exact) mass is 131 g/mol. The van der Waals surface area contributed by atoms with Crippen molar-refractivity contribution >= 4 is 10.4 Å². The van der Waals surface area contributed by atoms with E-state index in [-0.39, 0.29) is 0 Å². The second kappa shape index (κ2) is 5.32. The number of hydrogen-bond donors (Lipinski definition) is 0. The molecular formula is C6H17NSi. The first kappa shape index (κ1) is 8.18. The van der Waals surface area contributed by atoms with Gasteiger partial charge in [-0.1, -0.05) is 19.8 Å². The van der Waals surface area contributed by atoms with Gasteiger partial charge in [-0.25, -0.2) is 0 Å². The largest absolute Gasteiger partial charge is 0.335 e. The van der Waals surface area contributed by atoms with Gasteiger partial charge in [0, 0.05) is 0 Å². The first-order chi connectivity index (χ1) is 3.77. The van der Waals surface area contributed by atoms with Gasteiger partial charge in [0.1, 0.15) is 0 Å². The second-order valence-corrected chi connectivity index (χ2v) is 4.04. The zero-order chi connectivity index (χ0) is 6.41. The quantitative estimate of drug-likeness (QED) is 0.394. The topological polar surface area (TPSA) is 3.24 Å². The van der Waals surface area contributed by atoms with Crippen molar-refractivity contribution in [2.45, 2.75) is 26.2 Å². The lowest BCUT2D eigenvalue weighted by atomic mass is 10.2. The molecule has 0 unspecified atom stereocenters. The molecule has 0 aromatic rings. The minimum Gasteiger partial charge on any atom is -0.335 e. The number of nitrogens with zero attached hydrogens (tertiary/aromatic N) is 1. The van der Waals surface area contributed by atoms with Crippen molar-refractivity contribution in [3.05, 3.63) is 0 Å². The maximum Gasteiger partial charge on any atom is 0.0781 e. The molecule has 0 aliphatic carbocycles. The average Bonchev–Trinajstić information content (AvgIpc) is 1.66. The van der Waals surface area contributed by atoms with Crippen LogP contribution in [0.4, 0.5) is 0 Å². The first-order valence-electron chi connectivity index (χ1n) is 3.42. The fourth-order valence-electron chi connectivity index (χ4n) is 0.678. The summed E-state index contributed by atoms with van der Waals surface area (Å²) in [5.74, 6) is 0. The summed E-state index contributed by atoms with van der Waals surface area (Å²) in [6.45, 7) is 3.55. The Hall–Kier alpha value is 0.177. The van der Waals surface area contributed by atoms with E-state index >= 15 is 0 Å². The molecule has 0 radical (unpaired) electrons. The Morgan fingerprint density at radius 1 is 1.38 bits per heavy atom. The SMILES string of the molecule is CCCCCN(C)[SiH3]. The Kier molecular flexibility index (Phi) is 5.43. The fourth-order valence-corrected chi connectivity index (χ4v) is 0.994. The van der Waals surface area contributed by atoms with Crippen LogP contribution in [-0.2, 0) is 0 Å². The van der Waals surface area contributed by atoms with Gasteiger partial charge < -0.3 is 4.57 Å². The van der Waals surface area contributed by atoms with E-state index in [1.807, 2.05) is 0 Å². The molecule has 0 amide bonds. The lowest BCUT2D eigenvalue weighted by Crippen LogP contribution is -2.14. The average molecular weight is 131 g/mol. The summed E-state index contributed by atoms with van der Waals surface area (Å²) in [6.07, 6.45) is 4.12. The smallest absolute Gasteiger partial charge is 0.0781 e. The van der Waals surface area contributed by atoms with E-state index in [1.165, 1.54) is 36.2 Å². The van der Waals surface area contributed by atoms with Crippen LogP contribution in [0.3, 0.4) is 0 Å². The van der Waals surface area contributed by atoms with Crippen molar-refractivity contribution in [1.82, 2.24) is 4.57 Å². The summed E-state index contributed by atoms with van der Waals surface area (Å²) >= 11 is 0. The van der Waals surface area contributed by atoms with E-state index in [2.05, 4.69) is 18.5 Å². The molecule has 0 aromatic heterocycles. The lowest BCUT2D eigenvalue weighted by molar-refractivity contribution is 0.509. The van der Waals surface area contributed by atoms with Crippen molar-refractivity contribution in [3.8, 4) is 0 Å². The molecule has 1 nitrogen and oxygen atoms in total. The minimum absolute atomic E-state index is 1.22. The molecular weight excluding hydrogens is 114 g/mol. The number of rotatable bonds is 4. The zero-order valence-corrected chi connectivity index (χ0v) is 8.28. The summed E-state index contributed by atoms with van der Waals surface area (Å²) in [5.41, 5.74) is 0. The van der Waals surface area contributed by atoms with Gasteiger partial charge in [0.2, 0.25) is 0 Å². The Balaban J connectivity index is 2.72. The zero-order valence-electron chi connectivity index (χ0n) is 6.28. The molecule has 0 saturated carbocycles. The van der Waals surface area contributed by atoms with Gasteiger partial charge in [-0.05, 0) is 20.0 Å². The Labute approximate surface area is 55.6 Å². The summed E-state index contributed by atoms with van der Waals surface area (Å²) in [7, 11) is 3.40. The maximum atomic E-state index is 2.37. The molecule has 0 aliphatic heterocycles. The lowest BCUT2D eigenvalue weighted by Gasteiger charge is -2.07. The van der Waals surface area contributed by atoms with Gasteiger partial charge in [-0.3, -0.25) is 0 Å². The van der Waals surface area contributed by atoms with Gasteiger partial charge in [-0.15, -0.1) is 0 Å². The highest BCUT2D eigenvalue weighted by Gasteiger charge is 1.86. The van der Waals surface area contributed by atoms with Gasteiger partial charge in [0.25, 0.3) is 0 Å². The molecule has 8 heavy (non-hydrogen) atoms. The van der Waals surface area contributed by atoms with E-state index in [4.69, 9.17) is 0 Å². The van der Waals surface area contributed by atoms with E-state index in [9.17, 15) is 0 Å². The van der Waals surface area contributed by atoms with Crippen LogP contribution in [0, 0.1) is 0 Å². The van der Waals surface area contributed by atoms with Crippen LogP contribution in [0.15, 0.2) is 0 Å². The van der Waals surface area contributed by atoms with Crippen LogP contribution in [0.1, 0.15) is 26.2 Å². The third-order valence-corrected chi connectivity index (χ3v) is 1.66. The van der Waals surface area contributed by atoms with Crippen LogP contribution in [0.2, 0.25) is 0 Å². The predicted octanol–water partition coefficient (Wildman–Crippen LogP) is 0.389. The Bertz CT molecular complexity index is 45.8. The molecule has 2 heteroatoms. The number of hydrogen-bond acceptors (Lipinski definition) is 1. The molecule has 0 atom stereocenters. The highest BCUT2D eigenvalue weighted by molar-refractivity contribution is 6.04. The molecule has 0 aromatic carbocycles. The van der Waals surface area contributed by atoms with Gasteiger partial charge in [0.15, 0.2) is 0 Å². The molecule has 0 saturated heterocycles. The van der Waals surface area contributed by atoms with E-state index in [1.54, 1.807) is 0 Å². The standard InChI is InChI=1S/C6H17NSi/c1-3-4-5-6-7(2)8/h3-6H2,1-2,8H3. The Morgan fingerprint density at radius 3 is 2.38 bits per heavy atom. The van der Waals surface area contributed by atoms with Crippen molar-refractivity contribution in [2.75, 3.05) is 13.6 Å². The van der Waals surface area contributed by atoms with Crippen molar-refractivity contribution in [2.24, 2.45) is 0 Å². The van der Waals surface area contributed by atoms with Crippen molar-refractivity contribution in [3.63, 3.8) is 0 Å². The fraction of sp³-hybridized carbons (Fsp3) is 1.00. The van der Waals surface area contributed by atoms with Crippen LogP contribution >= 0.6 is 0 Å². The molecule has 0 rings (SSSR count). The third kappa shape index (κ3) is 6.18. The molecule has 0 spiro atoms. The predicted molar refractivity (Wildman–Crippen MR) is 42.1 cm³/mol. The second-order valence-electron chi connectivity index (χ2n) is 2.51.